The largest absolute Gasteiger partial charge is 0.465 e. The highest BCUT2D eigenvalue weighted by atomic mass is 79.9. The Morgan fingerprint density at radius 2 is 2.36 bits per heavy atom. The van der Waals surface area contributed by atoms with E-state index in [-0.39, 0.29) is 18.0 Å². The molecular formula is C9H11BrN2O2. The summed E-state index contributed by atoms with van der Waals surface area (Å²) >= 11 is 3.27. The lowest BCUT2D eigenvalue weighted by Gasteiger charge is -2.06. The second kappa shape index (κ2) is 4.95. The number of hydrogen-bond acceptors (Lipinski definition) is 3. The van der Waals surface area contributed by atoms with Crippen molar-refractivity contribution in [1.82, 2.24) is 4.57 Å². The van der Waals surface area contributed by atoms with Gasteiger partial charge in [0.1, 0.15) is 12.0 Å². The number of nitrogens with zero attached hydrogens (tertiary/aromatic N) is 1. The highest BCUT2D eigenvalue weighted by Crippen LogP contribution is 2.04. The average molecular weight is 259 g/mol. The van der Waals surface area contributed by atoms with Crippen LogP contribution in [-0.2, 0) is 16.1 Å². The monoisotopic (exact) mass is 258 g/mol. The van der Waals surface area contributed by atoms with Crippen LogP contribution in [0.4, 0.5) is 0 Å². The molecule has 0 radical (unpaired) electrons. The molecule has 0 aliphatic heterocycles. The zero-order valence-electron chi connectivity index (χ0n) is 7.79. The number of rotatable bonds is 3. The summed E-state index contributed by atoms with van der Waals surface area (Å²) in [7, 11) is 0. The molecule has 0 atom stereocenters. The van der Waals surface area contributed by atoms with E-state index >= 15 is 0 Å². The molecule has 14 heavy (non-hydrogen) atoms. The molecule has 0 aromatic carbocycles. The zero-order valence-corrected chi connectivity index (χ0v) is 9.37. The number of pyridine rings is 1. The molecule has 0 spiro atoms. The molecule has 0 bridgehead atoms. The van der Waals surface area contributed by atoms with Crippen LogP contribution < -0.4 is 5.49 Å². The van der Waals surface area contributed by atoms with Gasteiger partial charge in [-0.15, -0.1) is 0 Å². The molecule has 1 aromatic rings. The van der Waals surface area contributed by atoms with Crippen LogP contribution in [-0.4, -0.2) is 17.1 Å². The molecule has 4 nitrogen and oxygen atoms in total. The number of nitrogens with one attached hydrogen (secondary N) is 1. The van der Waals surface area contributed by atoms with Crippen molar-refractivity contribution in [2.75, 3.05) is 6.61 Å². The maximum atomic E-state index is 11.1. The van der Waals surface area contributed by atoms with Gasteiger partial charge in [-0.25, -0.2) is 0 Å². The molecule has 5 heteroatoms. The van der Waals surface area contributed by atoms with E-state index in [0.29, 0.717) is 6.61 Å². The molecular weight excluding hydrogens is 248 g/mol. The fourth-order valence-corrected chi connectivity index (χ4v) is 1.37. The predicted octanol–water partition coefficient (Wildman–Crippen LogP) is 1.29. The van der Waals surface area contributed by atoms with Gasteiger partial charge in [0, 0.05) is 10.7 Å². The van der Waals surface area contributed by atoms with Crippen LogP contribution in [0.15, 0.2) is 22.8 Å². The van der Waals surface area contributed by atoms with E-state index in [1.807, 2.05) is 0 Å². The maximum Gasteiger partial charge on any atom is 0.325 e. The van der Waals surface area contributed by atoms with E-state index in [1.165, 1.54) is 4.57 Å². The van der Waals surface area contributed by atoms with E-state index in [2.05, 4.69) is 15.9 Å². The summed E-state index contributed by atoms with van der Waals surface area (Å²) in [5, 5.41) is 7.53. The fourth-order valence-electron chi connectivity index (χ4n) is 0.992. The van der Waals surface area contributed by atoms with Crippen LogP contribution in [0.25, 0.3) is 0 Å². The van der Waals surface area contributed by atoms with Gasteiger partial charge in [0.25, 0.3) is 0 Å². The van der Waals surface area contributed by atoms with Gasteiger partial charge in [-0.1, -0.05) is 0 Å². The lowest BCUT2D eigenvalue weighted by molar-refractivity contribution is -0.143. The third-order valence-electron chi connectivity index (χ3n) is 1.59. The third-order valence-corrected chi connectivity index (χ3v) is 2.06. The number of ether oxygens (including phenoxy) is 1. The van der Waals surface area contributed by atoms with Crippen LogP contribution in [0.2, 0.25) is 0 Å². The quantitative estimate of drug-likeness (QED) is 0.831. The van der Waals surface area contributed by atoms with E-state index < -0.39 is 0 Å². The van der Waals surface area contributed by atoms with Crippen LogP contribution in [0.1, 0.15) is 6.92 Å². The van der Waals surface area contributed by atoms with Crippen molar-refractivity contribution in [3.05, 3.63) is 28.3 Å². The minimum Gasteiger partial charge on any atom is -0.465 e. The third kappa shape index (κ3) is 2.99. The second-order valence-electron chi connectivity index (χ2n) is 2.67. The van der Waals surface area contributed by atoms with E-state index in [0.717, 1.165) is 4.47 Å². The predicted molar refractivity (Wildman–Crippen MR) is 54.6 cm³/mol. The Morgan fingerprint density at radius 1 is 1.64 bits per heavy atom. The van der Waals surface area contributed by atoms with Crippen molar-refractivity contribution in [2.45, 2.75) is 13.5 Å². The van der Waals surface area contributed by atoms with Gasteiger partial charge in [-0.05, 0) is 35.0 Å². The molecule has 0 saturated heterocycles. The molecule has 76 valence electrons. The van der Waals surface area contributed by atoms with E-state index in [4.69, 9.17) is 10.1 Å². The Bertz CT molecular complexity index is 387. The van der Waals surface area contributed by atoms with Crippen LogP contribution in [0.5, 0.6) is 0 Å². The van der Waals surface area contributed by atoms with Gasteiger partial charge in [-0.2, -0.15) is 0 Å². The first-order valence-corrected chi connectivity index (χ1v) is 4.99. The molecule has 1 heterocycles. The van der Waals surface area contributed by atoms with Crippen molar-refractivity contribution in [3.8, 4) is 0 Å². The summed E-state index contributed by atoms with van der Waals surface area (Å²) in [4.78, 5) is 11.1. The molecule has 0 saturated carbocycles. The number of carbonyl (C=O) groups excluding carboxylic acids is 1. The molecule has 1 N–H and O–H groups in total. The Balaban J connectivity index is 2.81. The molecule has 1 aromatic heterocycles. The summed E-state index contributed by atoms with van der Waals surface area (Å²) in [5.74, 6) is -0.330. The lowest BCUT2D eigenvalue weighted by Crippen LogP contribution is -2.24. The number of hydrogen-bond donors (Lipinski definition) is 1. The topological polar surface area (TPSA) is 55.1 Å². The smallest absolute Gasteiger partial charge is 0.325 e. The Labute approximate surface area is 90.1 Å². The molecule has 0 aliphatic carbocycles. The fraction of sp³-hybridized carbons (Fsp3) is 0.333. The number of halogens is 1. The van der Waals surface area contributed by atoms with Gasteiger partial charge in [-0.3, -0.25) is 10.2 Å². The number of aromatic nitrogens is 1. The first-order valence-electron chi connectivity index (χ1n) is 4.19. The normalized spacial score (nSPS) is 9.86. The zero-order chi connectivity index (χ0) is 10.6. The van der Waals surface area contributed by atoms with Crippen molar-refractivity contribution in [3.63, 3.8) is 0 Å². The molecule has 0 fully saturated rings. The Hall–Kier alpha value is -1.10. The van der Waals surface area contributed by atoms with Crippen LogP contribution >= 0.6 is 15.9 Å². The first-order chi connectivity index (χ1) is 6.63. The van der Waals surface area contributed by atoms with Crippen LogP contribution in [0.3, 0.4) is 0 Å². The second-order valence-corrected chi connectivity index (χ2v) is 3.58. The maximum absolute atomic E-state index is 11.1. The van der Waals surface area contributed by atoms with Gasteiger partial charge >= 0.3 is 5.97 Å². The number of esters is 1. The SMILES string of the molecule is CCOC(=O)Cn1cc(Br)ccc1=N. The van der Waals surface area contributed by atoms with Crippen molar-refractivity contribution in [1.29, 1.82) is 5.41 Å². The molecule has 0 amide bonds. The van der Waals surface area contributed by atoms with E-state index in [1.54, 1.807) is 25.3 Å². The highest BCUT2D eigenvalue weighted by Gasteiger charge is 2.03. The minimum atomic E-state index is -0.330. The van der Waals surface area contributed by atoms with Crippen molar-refractivity contribution >= 4 is 21.9 Å². The Kier molecular flexibility index (Phi) is 3.88. The summed E-state index contributed by atoms with van der Waals surface area (Å²) in [6, 6.07) is 3.37. The van der Waals surface area contributed by atoms with Gasteiger partial charge in [0.2, 0.25) is 0 Å². The summed E-state index contributed by atoms with van der Waals surface area (Å²) in [6.07, 6.45) is 1.68. The van der Waals surface area contributed by atoms with Crippen LogP contribution in [0, 0.1) is 5.41 Å². The minimum absolute atomic E-state index is 0.0755. The highest BCUT2D eigenvalue weighted by molar-refractivity contribution is 9.10. The Morgan fingerprint density at radius 3 is 3.00 bits per heavy atom. The molecule has 0 aliphatic rings. The molecule has 1 rings (SSSR count). The van der Waals surface area contributed by atoms with Gasteiger partial charge in [0.05, 0.1) is 6.61 Å². The van der Waals surface area contributed by atoms with Crippen molar-refractivity contribution in [2.24, 2.45) is 0 Å². The number of carbonyl (C=O) groups is 1. The van der Waals surface area contributed by atoms with Gasteiger partial charge in [0.15, 0.2) is 0 Å². The van der Waals surface area contributed by atoms with Crippen molar-refractivity contribution < 1.29 is 9.53 Å². The molecule has 0 unspecified atom stereocenters. The summed E-state index contributed by atoms with van der Waals surface area (Å²) in [5.41, 5.74) is 0.279. The summed E-state index contributed by atoms with van der Waals surface area (Å²) < 4.78 is 7.13. The summed E-state index contributed by atoms with van der Waals surface area (Å²) in [6.45, 7) is 2.19. The lowest BCUT2D eigenvalue weighted by atomic mass is 10.4. The van der Waals surface area contributed by atoms with Gasteiger partial charge < -0.3 is 9.30 Å². The van der Waals surface area contributed by atoms with E-state index in [9.17, 15) is 4.79 Å². The average Bonchev–Trinajstić information content (AvgIpc) is 2.12. The first kappa shape index (κ1) is 11.0. The standard InChI is InChI=1S/C9H11BrN2O2/c1-2-14-9(13)6-12-5-7(10)3-4-8(12)11/h3-5,11H,2,6H2,1H3.